The third kappa shape index (κ3) is 2.85. The van der Waals surface area contributed by atoms with Crippen LogP contribution in [0.25, 0.3) is 5.57 Å². The molecule has 0 saturated carbocycles. The molecule has 21 heavy (non-hydrogen) atoms. The van der Waals surface area contributed by atoms with Gasteiger partial charge in [0.05, 0.1) is 0 Å². The number of aryl methyl sites for hydroxylation is 2. The molecular formula is C20H31P. The van der Waals surface area contributed by atoms with Gasteiger partial charge in [0.15, 0.2) is 0 Å². The zero-order chi connectivity index (χ0) is 15.9. The first kappa shape index (κ1) is 16.8. The molecule has 2 rings (SSSR count). The molecule has 0 nitrogen and oxygen atoms in total. The molecular weight excluding hydrogens is 271 g/mol. The Hall–Kier alpha value is -0.610. The molecule has 0 spiro atoms. The molecule has 1 aliphatic carbocycles. The SMILES string of the molecule is CC1=C(C)C(C)(CC(C)PC(C)C)c2c(C)ccc(C)c21. The molecule has 0 aliphatic heterocycles. The van der Waals surface area contributed by atoms with Crippen molar-refractivity contribution >= 4 is 14.2 Å². The van der Waals surface area contributed by atoms with Crippen LogP contribution in [0.1, 0.15) is 70.2 Å². The molecule has 1 heteroatoms. The molecule has 0 N–H and O–H groups in total. The molecule has 0 saturated heterocycles. The molecule has 0 amide bonds. The molecule has 0 bridgehead atoms. The van der Waals surface area contributed by atoms with Crippen LogP contribution in [0.4, 0.5) is 0 Å². The molecule has 1 aromatic rings. The summed E-state index contributed by atoms with van der Waals surface area (Å²) in [5, 5.41) is 0. The van der Waals surface area contributed by atoms with E-state index in [1.54, 1.807) is 11.1 Å². The fourth-order valence-corrected chi connectivity index (χ4v) is 5.95. The summed E-state index contributed by atoms with van der Waals surface area (Å²) < 4.78 is 0. The molecule has 0 fully saturated rings. The molecule has 3 atom stereocenters. The van der Waals surface area contributed by atoms with Crippen molar-refractivity contribution in [3.63, 3.8) is 0 Å². The molecule has 0 heterocycles. The zero-order valence-corrected chi connectivity index (χ0v) is 16.0. The predicted octanol–water partition coefficient (Wildman–Crippen LogP) is 6.23. The van der Waals surface area contributed by atoms with Gasteiger partial charge in [-0.2, -0.15) is 0 Å². The maximum Gasteiger partial charge on any atom is 0.0151 e. The Morgan fingerprint density at radius 1 is 1.00 bits per heavy atom. The summed E-state index contributed by atoms with van der Waals surface area (Å²) in [4.78, 5) is 0. The van der Waals surface area contributed by atoms with E-state index >= 15 is 0 Å². The standard InChI is InChI=1S/C20H31P/c1-12(2)21-15(5)11-20(8)17(7)16(6)18-13(3)9-10-14(4)19(18)20/h9-10,12,15,21H,11H2,1-8H3. The van der Waals surface area contributed by atoms with Crippen LogP contribution in [-0.2, 0) is 5.41 Å². The van der Waals surface area contributed by atoms with Gasteiger partial charge in [-0.1, -0.05) is 45.4 Å². The first-order chi connectivity index (χ1) is 9.68. The van der Waals surface area contributed by atoms with Gasteiger partial charge in [0.25, 0.3) is 0 Å². The number of hydrogen-bond donors (Lipinski definition) is 0. The lowest BCUT2D eigenvalue weighted by atomic mass is 9.74. The molecule has 0 radical (unpaired) electrons. The van der Waals surface area contributed by atoms with Gasteiger partial charge in [-0.25, -0.2) is 0 Å². The van der Waals surface area contributed by atoms with Crippen molar-refractivity contribution in [3.8, 4) is 0 Å². The highest BCUT2D eigenvalue weighted by molar-refractivity contribution is 7.39. The lowest BCUT2D eigenvalue weighted by molar-refractivity contribution is 0.512. The predicted molar refractivity (Wildman–Crippen MR) is 99.1 cm³/mol. The number of hydrogen-bond acceptors (Lipinski definition) is 0. The second-order valence-electron chi connectivity index (χ2n) is 7.46. The van der Waals surface area contributed by atoms with Crippen LogP contribution in [0.15, 0.2) is 17.7 Å². The molecule has 0 aromatic heterocycles. The first-order valence-electron chi connectivity index (χ1n) is 8.23. The van der Waals surface area contributed by atoms with E-state index in [0.717, 1.165) is 19.9 Å². The summed E-state index contributed by atoms with van der Waals surface area (Å²) in [6.07, 6.45) is 1.28. The van der Waals surface area contributed by atoms with Gasteiger partial charge in [0.1, 0.15) is 0 Å². The second-order valence-corrected chi connectivity index (χ2v) is 9.93. The molecule has 1 aliphatic rings. The van der Waals surface area contributed by atoms with Gasteiger partial charge in [0, 0.05) is 5.41 Å². The normalized spacial score (nSPS) is 23.5. The Bertz CT molecular complexity index is 580. The summed E-state index contributed by atoms with van der Waals surface area (Å²) in [5.74, 6) is 0. The quantitative estimate of drug-likeness (QED) is 0.578. The van der Waals surface area contributed by atoms with Crippen LogP contribution in [0.3, 0.4) is 0 Å². The van der Waals surface area contributed by atoms with Crippen molar-refractivity contribution in [1.29, 1.82) is 0 Å². The van der Waals surface area contributed by atoms with E-state index in [-0.39, 0.29) is 5.41 Å². The lowest BCUT2D eigenvalue weighted by Crippen LogP contribution is -2.26. The minimum atomic E-state index is 0.233. The van der Waals surface area contributed by atoms with Crippen LogP contribution in [0.5, 0.6) is 0 Å². The smallest absolute Gasteiger partial charge is 0.0151 e. The third-order valence-electron chi connectivity index (χ3n) is 5.27. The maximum atomic E-state index is 2.48. The van der Waals surface area contributed by atoms with Gasteiger partial charge < -0.3 is 0 Å². The maximum absolute atomic E-state index is 2.48. The Morgan fingerprint density at radius 3 is 2.14 bits per heavy atom. The van der Waals surface area contributed by atoms with E-state index < -0.39 is 0 Å². The molecule has 1 aromatic carbocycles. The van der Waals surface area contributed by atoms with Crippen LogP contribution < -0.4 is 0 Å². The largest absolute Gasteiger partial charge is 0.116 e. The van der Waals surface area contributed by atoms with E-state index in [2.05, 4.69) is 67.5 Å². The van der Waals surface area contributed by atoms with E-state index in [1.807, 2.05) is 0 Å². The fourth-order valence-electron chi connectivity index (χ4n) is 4.29. The highest BCUT2D eigenvalue weighted by Gasteiger charge is 2.40. The van der Waals surface area contributed by atoms with E-state index in [0.29, 0.717) is 0 Å². The van der Waals surface area contributed by atoms with Gasteiger partial charge in [-0.3, -0.25) is 0 Å². The van der Waals surface area contributed by atoms with E-state index in [4.69, 9.17) is 0 Å². The van der Waals surface area contributed by atoms with Gasteiger partial charge >= 0.3 is 0 Å². The second kappa shape index (κ2) is 5.88. The highest BCUT2D eigenvalue weighted by Crippen LogP contribution is 2.52. The first-order valence-corrected chi connectivity index (χ1v) is 9.39. The van der Waals surface area contributed by atoms with Gasteiger partial charge in [-0.15, -0.1) is 8.58 Å². The summed E-state index contributed by atoms with van der Waals surface area (Å²) in [6.45, 7) is 18.9. The Balaban J connectivity index is 2.49. The lowest BCUT2D eigenvalue weighted by Gasteiger charge is -2.33. The third-order valence-corrected chi connectivity index (χ3v) is 6.71. The van der Waals surface area contributed by atoms with Crippen molar-refractivity contribution in [1.82, 2.24) is 0 Å². The summed E-state index contributed by atoms with van der Waals surface area (Å²) in [7, 11) is 1.06. The average Bonchev–Trinajstić information content (AvgIpc) is 2.56. The Morgan fingerprint density at radius 2 is 1.57 bits per heavy atom. The fraction of sp³-hybridized carbons (Fsp3) is 0.600. The summed E-state index contributed by atoms with van der Waals surface area (Å²) >= 11 is 0. The summed E-state index contributed by atoms with van der Waals surface area (Å²) in [6, 6.07) is 4.60. The van der Waals surface area contributed by atoms with Crippen LogP contribution in [0, 0.1) is 13.8 Å². The Kier molecular flexibility index (Phi) is 4.69. The van der Waals surface area contributed by atoms with Crippen molar-refractivity contribution in [3.05, 3.63) is 40.0 Å². The minimum Gasteiger partial charge on any atom is -0.116 e. The van der Waals surface area contributed by atoms with Crippen molar-refractivity contribution in [2.45, 2.75) is 78.5 Å². The van der Waals surface area contributed by atoms with E-state index in [1.165, 1.54) is 28.7 Å². The number of benzene rings is 1. The van der Waals surface area contributed by atoms with Crippen LogP contribution >= 0.6 is 8.58 Å². The van der Waals surface area contributed by atoms with E-state index in [9.17, 15) is 0 Å². The van der Waals surface area contributed by atoms with Crippen molar-refractivity contribution < 1.29 is 0 Å². The average molecular weight is 302 g/mol. The van der Waals surface area contributed by atoms with Gasteiger partial charge in [0.2, 0.25) is 0 Å². The topological polar surface area (TPSA) is 0 Å². The zero-order valence-electron chi connectivity index (χ0n) is 15.0. The van der Waals surface area contributed by atoms with Crippen LogP contribution in [0.2, 0.25) is 0 Å². The highest BCUT2D eigenvalue weighted by atomic mass is 31.1. The number of fused-ring (bicyclic) bond motifs is 1. The monoisotopic (exact) mass is 302 g/mol. The number of allylic oxidation sites excluding steroid dienone is 2. The van der Waals surface area contributed by atoms with Gasteiger partial charge in [-0.05, 0) is 73.3 Å². The molecule has 116 valence electrons. The summed E-state index contributed by atoms with van der Waals surface area (Å²) in [5.41, 5.74) is 11.0. The molecule has 3 unspecified atom stereocenters. The number of rotatable bonds is 4. The Labute approximate surface area is 133 Å². The van der Waals surface area contributed by atoms with Crippen LogP contribution in [-0.4, -0.2) is 11.3 Å². The minimum absolute atomic E-state index is 0.233. The van der Waals surface area contributed by atoms with Crippen molar-refractivity contribution in [2.24, 2.45) is 0 Å². The van der Waals surface area contributed by atoms with Crippen molar-refractivity contribution in [2.75, 3.05) is 0 Å².